The van der Waals surface area contributed by atoms with Gasteiger partial charge in [-0.1, -0.05) is 0 Å². The summed E-state index contributed by atoms with van der Waals surface area (Å²) < 4.78 is 2.19. The van der Waals surface area contributed by atoms with Crippen LogP contribution in [0.1, 0.15) is 12.2 Å². The molecule has 0 bridgehead atoms. The van der Waals surface area contributed by atoms with E-state index in [9.17, 15) is 0 Å². The molecular weight excluding hydrogens is 254 g/mol. The highest BCUT2D eigenvalue weighted by Crippen LogP contribution is 2.27. The van der Waals surface area contributed by atoms with Gasteiger partial charge in [0, 0.05) is 12.7 Å². The average molecular weight is 268 g/mol. The molecule has 0 spiro atoms. The van der Waals surface area contributed by atoms with Gasteiger partial charge in [0.05, 0.1) is 5.88 Å². The van der Waals surface area contributed by atoms with Gasteiger partial charge in [-0.15, -0.1) is 11.6 Å². The van der Waals surface area contributed by atoms with Crippen LogP contribution in [-0.2, 0) is 12.4 Å². The number of imidazole rings is 1. The molecule has 3 rings (SSSR count). The summed E-state index contributed by atoms with van der Waals surface area (Å²) in [6.07, 6.45) is 3.11. The number of hydrogen-bond donors (Lipinski definition) is 0. The first-order chi connectivity index (χ1) is 8.38. The van der Waals surface area contributed by atoms with E-state index in [1.54, 1.807) is 0 Å². The fraction of sp³-hybridized carbons (Fsp3) is 0.500. The van der Waals surface area contributed by atoms with Crippen molar-refractivity contribution in [2.45, 2.75) is 18.8 Å². The smallest absolute Gasteiger partial charge is 0.160 e. The first kappa shape index (κ1) is 11.4. The number of fused-ring (bicyclic) bond motifs is 1. The molecule has 1 aliphatic rings. The van der Waals surface area contributed by atoms with Crippen LogP contribution in [0.2, 0.25) is 0 Å². The molecule has 2 aromatic heterocycles. The van der Waals surface area contributed by atoms with E-state index in [1.807, 2.05) is 30.1 Å². The highest BCUT2D eigenvalue weighted by atomic mass is 35.5. The monoisotopic (exact) mass is 267 g/mol. The van der Waals surface area contributed by atoms with Crippen molar-refractivity contribution in [2.75, 3.05) is 11.5 Å². The largest absolute Gasteiger partial charge is 0.311 e. The van der Waals surface area contributed by atoms with E-state index in [2.05, 4.69) is 14.5 Å². The lowest BCUT2D eigenvalue weighted by molar-refractivity contribution is 0.491. The Balaban J connectivity index is 1.99. The summed E-state index contributed by atoms with van der Waals surface area (Å²) in [5.74, 6) is 4.66. The average Bonchev–Trinajstić information content (AvgIpc) is 2.98. The van der Waals surface area contributed by atoms with Gasteiger partial charge >= 0.3 is 0 Å². The number of thioether (sulfide) groups is 1. The van der Waals surface area contributed by atoms with Gasteiger partial charge in [0.25, 0.3) is 0 Å². The van der Waals surface area contributed by atoms with Crippen LogP contribution in [0.4, 0.5) is 0 Å². The van der Waals surface area contributed by atoms with Gasteiger partial charge in [0.2, 0.25) is 0 Å². The molecular formula is C12H14ClN3S. The maximum Gasteiger partial charge on any atom is 0.160 e. The van der Waals surface area contributed by atoms with Crippen molar-refractivity contribution in [2.24, 2.45) is 5.92 Å². The number of aromatic nitrogens is 3. The molecule has 1 unspecified atom stereocenters. The summed E-state index contributed by atoms with van der Waals surface area (Å²) in [6, 6.07) is 3.92. The number of nitrogens with zero attached hydrogens (tertiary/aromatic N) is 3. The van der Waals surface area contributed by atoms with Crippen LogP contribution in [0.25, 0.3) is 11.2 Å². The summed E-state index contributed by atoms with van der Waals surface area (Å²) in [4.78, 5) is 8.96. The second kappa shape index (κ2) is 4.86. The maximum absolute atomic E-state index is 5.97. The SMILES string of the molecule is ClCc1nc2cccnc2n1CC1CCSC1. The summed E-state index contributed by atoms with van der Waals surface area (Å²) >= 11 is 8.01. The van der Waals surface area contributed by atoms with Gasteiger partial charge in [-0.25, -0.2) is 9.97 Å². The third-order valence-corrected chi connectivity index (χ3v) is 4.64. The van der Waals surface area contributed by atoms with Crippen LogP contribution in [-0.4, -0.2) is 26.0 Å². The molecule has 0 N–H and O–H groups in total. The van der Waals surface area contributed by atoms with Gasteiger partial charge in [-0.3, -0.25) is 0 Å². The Kier molecular flexibility index (Phi) is 3.25. The van der Waals surface area contributed by atoms with Gasteiger partial charge in [0.1, 0.15) is 11.3 Å². The number of halogens is 1. The minimum atomic E-state index is 0.455. The van der Waals surface area contributed by atoms with E-state index in [0.29, 0.717) is 5.88 Å². The van der Waals surface area contributed by atoms with Crippen molar-refractivity contribution in [1.82, 2.24) is 14.5 Å². The fourth-order valence-electron chi connectivity index (χ4n) is 2.28. The Bertz CT molecular complexity index is 519. The normalized spacial score (nSPS) is 20.2. The van der Waals surface area contributed by atoms with Gasteiger partial charge in [-0.05, 0) is 36.0 Å². The molecule has 90 valence electrons. The molecule has 0 aliphatic carbocycles. The molecule has 3 heterocycles. The first-order valence-corrected chi connectivity index (χ1v) is 7.51. The minimum absolute atomic E-state index is 0.455. The second-order valence-corrected chi connectivity index (χ2v) is 5.77. The molecule has 5 heteroatoms. The molecule has 0 radical (unpaired) electrons. The van der Waals surface area contributed by atoms with Crippen LogP contribution in [0.3, 0.4) is 0 Å². The highest BCUT2D eigenvalue weighted by Gasteiger charge is 2.19. The van der Waals surface area contributed by atoms with Crippen LogP contribution < -0.4 is 0 Å². The van der Waals surface area contributed by atoms with Crippen LogP contribution in [0.15, 0.2) is 18.3 Å². The van der Waals surface area contributed by atoms with E-state index in [0.717, 1.165) is 29.5 Å². The molecule has 1 fully saturated rings. The van der Waals surface area contributed by atoms with Crippen LogP contribution >= 0.6 is 23.4 Å². The Labute approximate surface area is 110 Å². The predicted octanol–water partition coefficient (Wildman–Crippen LogP) is 2.92. The molecule has 17 heavy (non-hydrogen) atoms. The molecule has 1 atom stereocenters. The Morgan fingerprint density at radius 3 is 3.24 bits per heavy atom. The van der Waals surface area contributed by atoms with Crippen LogP contribution in [0, 0.1) is 5.92 Å². The van der Waals surface area contributed by atoms with E-state index < -0.39 is 0 Å². The fourth-order valence-corrected chi connectivity index (χ4v) is 3.76. The maximum atomic E-state index is 5.97. The van der Waals surface area contributed by atoms with Crippen LogP contribution in [0.5, 0.6) is 0 Å². The topological polar surface area (TPSA) is 30.7 Å². The Morgan fingerprint density at radius 1 is 1.53 bits per heavy atom. The predicted molar refractivity (Wildman–Crippen MR) is 72.5 cm³/mol. The first-order valence-electron chi connectivity index (χ1n) is 5.82. The van der Waals surface area contributed by atoms with Crippen molar-refractivity contribution < 1.29 is 0 Å². The number of alkyl halides is 1. The van der Waals surface area contributed by atoms with E-state index in [-0.39, 0.29) is 0 Å². The van der Waals surface area contributed by atoms with Crippen molar-refractivity contribution in [1.29, 1.82) is 0 Å². The zero-order chi connectivity index (χ0) is 11.7. The lowest BCUT2D eigenvalue weighted by atomic mass is 10.1. The number of hydrogen-bond acceptors (Lipinski definition) is 3. The molecule has 1 aliphatic heterocycles. The minimum Gasteiger partial charge on any atom is -0.311 e. The van der Waals surface area contributed by atoms with Crippen molar-refractivity contribution in [3.63, 3.8) is 0 Å². The van der Waals surface area contributed by atoms with Crippen molar-refractivity contribution in [3.8, 4) is 0 Å². The zero-order valence-electron chi connectivity index (χ0n) is 9.47. The van der Waals surface area contributed by atoms with Gasteiger partial charge in [-0.2, -0.15) is 11.8 Å². The lowest BCUT2D eigenvalue weighted by Gasteiger charge is -2.11. The summed E-state index contributed by atoms with van der Waals surface area (Å²) in [5, 5.41) is 0. The zero-order valence-corrected chi connectivity index (χ0v) is 11.0. The molecule has 1 saturated heterocycles. The number of pyridine rings is 1. The molecule has 0 saturated carbocycles. The molecule has 0 amide bonds. The molecule has 2 aromatic rings. The third kappa shape index (κ3) is 2.16. The lowest BCUT2D eigenvalue weighted by Crippen LogP contribution is -2.12. The van der Waals surface area contributed by atoms with E-state index in [1.165, 1.54) is 17.9 Å². The molecule has 3 nitrogen and oxygen atoms in total. The quantitative estimate of drug-likeness (QED) is 0.801. The number of rotatable bonds is 3. The molecule has 0 aromatic carbocycles. The van der Waals surface area contributed by atoms with Crippen molar-refractivity contribution in [3.05, 3.63) is 24.2 Å². The summed E-state index contributed by atoms with van der Waals surface area (Å²) in [5.41, 5.74) is 1.92. The summed E-state index contributed by atoms with van der Waals surface area (Å²) in [6.45, 7) is 1.00. The third-order valence-electron chi connectivity index (χ3n) is 3.17. The Morgan fingerprint density at radius 2 is 2.47 bits per heavy atom. The van der Waals surface area contributed by atoms with E-state index in [4.69, 9.17) is 11.6 Å². The summed E-state index contributed by atoms with van der Waals surface area (Å²) in [7, 11) is 0. The van der Waals surface area contributed by atoms with E-state index >= 15 is 0 Å². The standard InChI is InChI=1S/C12H14ClN3S/c13-6-11-15-10-2-1-4-14-12(10)16(11)7-9-3-5-17-8-9/h1-2,4,9H,3,5-8H2. The highest BCUT2D eigenvalue weighted by molar-refractivity contribution is 7.99. The second-order valence-electron chi connectivity index (χ2n) is 4.35. The van der Waals surface area contributed by atoms with Gasteiger partial charge in [0.15, 0.2) is 5.65 Å². The van der Waals surface area contributed by atoms with Gasteiger partial charge < -0.3 is 4.57 Å². The Hall–Kier alpha value is -0.740. The van der Waals surface area contributed by atoms with Crippen molar-refractivity contribution >= 4 is 34.5 Å².